The fourth-order valence-electron chi connectivity index (χ4n) is 2.86. The van der Waals surface area contributed by atoms with E-state index in [1.165, 1.54) is 0 Å². The molecule has 0 fully saturated rings. The molecule has 2 heterocycles. The van der Waals surface area contributed by atoms with E-state index in [2.05, 4.69) is 11.1 Å². The fourth-order valence-corrected chi connectivity index (χ4v) is 2.86. The summed E-state index contributed by atoms with van der Waals surface area (Å²) in [6.07, 6.45) is -0.295. The van der Waals surface area contributed by atoms with Crippen LogP contribution < -0.4 is 0 Å². The Labute approximate surface area is 134 Å². The van der Waals surface area contributed by atoms with Crippen LogP contribution in [0.2, 0.25) is 0 Å². The number of carbonyl (C=O) groups excluding carboxylic acids is 1. The molecule has 0 atom stereocenters. The second kappa shape index (κ2) is 5.72. The standard InChI is InChI=1S/C19H16N2O2/c22-19(23-13-14-6-2-1-3-7-14)21-11-16-10-15-8-4-5-9-17(15)20-18(16)12-21/h1-10H,11-13H2. The Hall–Kier alpha value is -2.88. The highest BCUT2D eigenvalue weighted by Gasteiger charge is 2.26. The quantitative estimate of drug-likeness (QED) is 0.721. The Morgan fingerprint density at radius 2 is 1.83 bits per heavy atom. The Bertz CT molecular complexity index is 817. The van der Waals surface area contributed by atoms with Gasteiger partial charge in [0.2, 0.25) is 0 Å². The molecule has 0 unspecified atom stereocenters. The summed E-state index contributed by atoms with van der Waals surface area (Å²) in [5.41, 5.74) is 4.01. The summed E-state index contributed by atoms with van der Waals surface area (Å²) in [5, 5.41) is 1.10. The molecule has 114 valence electrons. The maximum absolute atomic E-state index is 12.3. The van der Waals surface area contributed by atoms with Gasteiger partial charge in [-0.25, -0.2) is 4.79 Å². The molecule has 0 N–H and O–H groups in total. The lowest BCUT2D eigenvalue weighted by Crippen LogP contribution is -2.26. The molecule has 23 heavy (non-hydrogen) atoms. The number of rotatable bonds is 2. The van der Waals surface area contributed by atoms with E-state index in [-0.39, 0.29) is 6.09 Å². The van der Waals surface area contributed by atoms with Crippen molar-refractivity contribution in [1.29, 1.82) is 0 Å². The fraction of sp³-hybridized carbons (Fsp3) is 0.158. The van der Waals surface area contributed by atoms with Crippen molar-refractivity contribution in [2.75, 3.05) is 0 Å². The number of hydrogen-bond donors (Lipinski definition) is 0. The maximum Gasteiger partial charge on any atom is 0.410 e. The first-order chi connectivity index (χ1) is 11.3. The van der Waals surface area contributed by atoms with Gasteiger partial charge in [-0.15, -0.1) is 0 Å². The summed E-state index contributed by atoms with van der Waals surface area (Å²) in [4.78, 5) is 18.6. The van der Waals surface area contributed by atoms with Crippen LogP contribution in [0.1, 0.15) is 16.8 Å². The molecule has 4 rings (SSSR count). The SMILES string of the molecule is O=C(OCc1ccccc1)N1Cc2cc3ccccc3nc2C1. The largest absolute Gasteiger partial charge is 0.445 e. The number of benzene rings is 2. The van der Waals surface area contributed by atoms with Gasteiger partial charge < -0.3 is 4.74 Å². The topological polar surface area (TPSA) is 42.4 Å². The van der Waals surface area contributed by atoms with Gasteiger partial charge in [0.25, 0.3) is 0 Å². The highest BCUT2D eigenvalue weighted by molar-refractivity contribution is 5.80. The lowest BCUT2D eigenvalue weighted by molar-refractivity contribution is 0.0953. The van der Waals surface area contributed by atoms with Crippen LogP contribution in [0.4, 0.5) is 4.79 Å². The molecule has 1 aliphatic rings. The molecule has 4 heteroatoms. The van der Waals surface area contributed by atoms with Gasteiger partial charge in [-0.3, -0.25) is 9.88 Å². The Balaban J connectivity index is 1.47. The third-order valence-corrected chi connectivity index (χ3v) is 4.06. The van der Waals surface area contributed by atoms with Crippen LogP contribution in [-0.2, 0) is 24.4 Å². The van der Waals surface area contributed by atoms with Gasteiger partial charge in [0.05, 0.1) is 24.3 Å². The normalized spacial score (nSPS) is 13.1. The highest BCUT2D eigenvalue weighted by atomic mass is 16.6. The number of pyridine rings is 1. The van der Waals surface area contributed by atoms with Crippen LogP contribution >= 0.6 is 0 Å². The molecule has 3 aromatic rings. The Kier molecular flexibility index (Phi) is 3.42. The summed E-state index contributed by atoms with van der Waals surface area (Å²) in [6.45, 7) is 1.36. The smallest absolute Gasteiger partial charge is 0.410 e. The molecule has 4 nitrogen and oxygen atoms in total. The van der Waals surface area contributed by atoms with Crippen molar-refractivity contribution >= 4 is 17.0 Å². The van der Waals surface area contributed by atoms with E-state index in [4.69, 9.17) is 4.74 Å². The van der Waals surface area contributed by atoms with Gasteiger partial charge in [-0.05, 0) is 23.3 Å². The average molecular weight is 304 g/mol. The third-order valence-electron chi connectivity index (χ3n) is 4.06. The minimum atomic E-state index is -0.295. The Morgan fingerprint density at radius 3 is 2.70 bits per heavy atom. The van der Waals surface area contributed by atoms with Gasteiger partial charge in [0, 0.05) is 5.39 Å². The summed E-state index contributed by atoms with van der Waals surface area (Å²) in [5.74, 6) is 0. The number of fused-ring (bicyclic) bond motifs is 2. The molecular formula is C19H16N2O2. The molecule has 2 aromatic carbocycles. The summed E-state index contributed by atoms with van der Waals surface area (Å²) in [6, 6.07) is 19.8. The van der Waals surface area contributed by atoms with Crippen LogP contribution in [0.3, 0.4) is 0 Å². The lowest BCUT2D eigenvalue weighted by atomic mass is 10.1. The lowest BCUT2D eigenvalue weighted by Gasteiger charge is -2.15. The molecule has 0 aliphatic carbocycles. The predicted molar refractivity (Wildman–Crippen MR) is 87.6 cm³/mol. The zero-order chi connectivity index (χ0) is 15.6. The monoisotopic (exact) mass is 304 g/mol. The molecule has 0 saturated carbocycles. The Morgan fingerprint density at radius 1 is 1.04 bits per heavy atom. The van der Waals surface area contributed by atoms with Gasteiger partial charge in [-0.1, -0.05) is 48.5 Å². The van der Waals surface area contributed by atoms with Crippen LogP contribution in [0.5, 0.6) is 0 Å². The predicted octanol–water partition coefficient (Wildman–Crippen LogP) is 3.89. The maximum atomic E-state index is 12.3. The van der Waals surface area contributed by atoms with Crippen molar-refractivity contribution in [2.45, 2.75) is 19.7 Å². The molecule has 1 amide bonds. The molecular weight excluding hydrogens is 288 g/mol. The second-order valence-electron chi connectivity index (χ2n) is 5.68. The van der Waals surface area contributed by atoms with E-state index in [1.54, 1.807) is 4.90 Å². The minimum absolute atomic E-state index is 0.294. The van der Waals surface area contributed by atoms with E-state index in [0.29, 0.717) is 19.7 Å². The molecule has 0 spiro atoms. The number of ether oxygens (including phenoxy) is 1. The summed E-state index contributed by atoms with van der Waals surface area (Å²) < 4.78 is 5.40. The van der Waals surface area contributed by atoms with Crippen LogP contribution in [0, 0.1) is 0 Å². The van der Waals surface area contributed by atoms with E-state index in [9.17, 15) is 4.79 Å². The van der Waals surface area contributed by atoms with Crippen molar-refractivity contribution in [3.63, 3.8) is 0 Å². The molecule has 1 aliphatic heterocycles. The third kappa shape index (κ3) is 2.75. The minimum Gasteiger partial charge on any atom is -0.445 e. The average Bonchev–Trinajstić information content (AvgIpc) is 3.01. The van der Waals surface area contributed by atoms with E-state index in [1.807, 2.05) is 54.6 Å². The number of carbonyl (C=O) groups is 1. The van der Waals surface area contributed by atoms with Crippen molar-refractivity contribution < 1.29 is 9.53 Å². The molecule has 1 aromatic heterocycles. The zero-order valence-electron chi connectivity index (χ0n) is 12.6. The van der Waals surface area contributed by atoms with Crippen LogP contribution in [0.15, 0.2) is 60.7 Å². The van der Waals surface area contributed by atoms with Gasteiger partial charge in [0.1, 0.15) is 6.61 Å². The first kappa shape index (κ1) is 13.8. The summed E-state index contributed by atoms with van der Waals surface area (Å²) in [7, 11) is 0. The number of hydrogen-bond acceptors (Lipinski definition) is 3. The molecule has 0 bridgehead atoms. The van der Waals surface area contributed by atoms with E-state index < -0.39 is 0 Å². The van der Waals surface area contributed by atoms with Crippen molar-refractivity contribution in [1.82, 2.24) is 9.88 Å². The molecule has 0 saturated heterocycles. The van der Waals surface area contributed by atoms with Crippen molar-refractivity contribution in [2.24, 2.45) is 0 Å². The summed E-state index contributed by atoms with van der Waals surface area (Å²) >= 11 is 0. The van der Waals surface area contributed by atoms with Gasteiger partial charge in [0.15, 0.2) is 0 Å². The number of para-hydroxylation sites is 1. The number of nitrogens with zero attached hydrogens (tertiary/aromatic N) is 2. The highest BCUT2D eigenvalue weighted by Crippen LogP contribution is 2.25. The van der Waals surface area contributed by atoms with Crippen molar-refractivity contribution in [3.8, 4) is 0 Å². The van der Waals surface area contributed by atoms with Gasteiger partial charge >= 0.3 is 6.09 Å². The number of aromatic nitrogens is 1. The zero-order valence-corrected chi connectivity index (χ0v) is 12.6. The molecule has 0 radical (unpaired) electrons. The van der Waals surface area contributed by atoms with Crippen LogP contribution in [-0.4, -0.2) is 16.0 Å². The van der Waals surface area contributed by atoms with Gasteiger partial charge in [-0.2, -0.15) is 0 Å². The first-order valence-corrected chi connectivity index (χ1v) is 7.63. The number of amides is 1. The van der Waals surface area contributed by atoms with E-state index >= 15 is 0 Å². The first-order valence-electron chi connectivity index (χ1n) is 7.63. The van der Waals surface area contributed by atoms with E-state index in [0.717, 1.165) is 27.7 Å². The second-order valence-corrected chi connectivity index (χ2v) is 5.68. The van der Waals surface area contributed by atoms with Crippen molar-refractivity contribution in [3.05, 3.63) is 77.5 Å². The van der Waals surface area contributed by atoms with Crippen LogP contribution in [0.25, 0.3) is 10.9 Å².